The highest BCUT2D eigenvalue weighted by Crippen LogP contribution is 2.18. The van der Waals surface area contributed by atoms with Gasteiger partial charge in [0.2, 0.25) is 0 Å². The first-order valence-corrected chi connectivity index (χ1v) is 7.18. The summed E-state index contributed by atoms with van der Waals surface area (Å²) in [7, 11) is 0. The summed E-state index contributed by atoms with van der Waals surface area (Å²) < 4.78 is 2.17. The second kappa shape index (κ2) is 5.95. The maximum absolute atomic E-state index is 11.9. The van der Waals surface area contributed by atoms with E-state index >= 15 is 0 Å². The lowest BCUT2D eigenvalue weighted by Crippen LogP contribution is -2.36. The van der Waals surface area contributed by atoms with Crippen molar-refractivity contribution >= 4 is 11.7 Å². The lowest BCUT2D eigenvalue weighted by molar-refractivity contribution is 0.247. The minimum absolute atomic E-state index is 0.178. The van der Waals surface area contributed by atoms with Crippen LogP contribution < -0.4 is 10.6 Å². The van der Waals surface area contributed by atoms with Gasteiger partial charge in [-0.05, 0) is 30.9 Å². The van der Waals surface area contributed by atoms with Crippen LogP contribution in [0, 0.1) is 12.8 Å². The summed E-state index contributed by atoms with van der Waals surface area (Å²) in [5, 5.41) is 5.77. The van der Waals surface area contributed by atoms with Crippen LogP contribution >= 0.6 is 0 Å². The summed E-state index contributed by atoms with van der Waals surface area (Å²) in [4.78, 5) is 20.3. The zero-order valence-electron chi connectivity index (χ0n) is 12.0. The van der Waals surface area contributed by atoms with Gasteiger partial charge in [-0.2, -0.15) is 0 Å². The molecule has 0 fully saturated rings. The largest absolute Gasteiger partial charge is 0.338 e. The molecule has 2 aromatic rings. The number of anilines is 1. The van der Waals surface area contributed by atoms with Crippen LogP contribution in [0.3, 0.4) is 0 Å². The highest BCUT2D eigenvalue weighted by molar-refractivity contribution is 5.89. The quantitative estimate of drug-likeness (QED) is 0.905. The molecule has 2 N–H and O–H groups in total. The Bertz CT molecular complexity index is 636. The summed E-state index contributed by atoms with van der Waals surface area (Å²) in [6.45, 7) is 3.53. The number of hydrogen-bond donors (Lipinski definition) is 2. The van der Waals surface area contributed by atoms with Gasteiger partial charge in [0.25, 0.3) is 0 Å². The van der Waals surface area contributed by atoms with Gasteiger partial charge >= 0.3 is 6.03 Å². The number of pyridine rings is 1. The number of nitrogens with zero attached hydrogens (tertiary/aromatic N) is 3. The lowest BCUT2D eigenvalue weighted by Gasteiger charge is -2.24. The fourth-order valence-electron chi connectivity index (χ4n) is 2.60. The molecule has 0 saturated heterocycles. The predicted molar refractivity (Wildman–Crippen MR) is 80.0 cm³/mol. The third-order valence-electron chi connectivity index (χ3n) is 3.87. The Balaban J connectivity index is 1.50. The van der Waals surface area contributed by atoms with Crippen molar-refractivity contribution in [2.24, 2.45) is 5.92 Å². The Hall–Kier alpha value is -2.37. The normalized spacial score (nSPS) is 17.1. The number of fused-ring (bicyclic) bond motifs is 1. The number of aryl methyl sites for hydroxylation is 2. The van der Waals surface area contributed by atoms with E-state index in [1.165, 1.54) is 0 Å². The molecule has 0 saturated carbocycles. The van der Waals surface area contributed by atoms with Gasteiger partial charge in [-0.25, -0.2) is 9.78 Å². The van der Waals surface area contributed by atoms with Gasteiger partial charge in [0.05, 0.1) is 11.9 Å². The van der Waals surface area contributed by atoms with Gasteiger partial charge in [-0.3, -0.25) is 4.98 Å². The van der Waals surface area contributed by atoms with Crippen LogP contribution in [0.25, 0.3) is 0 Å². The minimum atomic E-state index is -0.178. The van der Waals surface area contributed by atoms with E-state index in [9.17, 15) is 4.79 Å². The van der Waals surface area contributed by atoms with Crippen molar-refractivity contribution in [2.45, 2.75) is 26.3 Å². The molecular weight excluding hydrogens is 266 g/mol. The minimum Gasteiger partial charge on any atom is -0.338 e. The molecule has 110 valence electrons. The number of carbonyl (C=O) groups is 1. The summed E-state index contributed by atoms with van der Waals surface area (Å²) in [6, 6.07) is 1.69. The molecule has 2 aromatic heterocycles. The number of hydrogen-bond acceptors (Lipinski definition) is 3. The van der Waals surface area contributed by atoms with E-state index in [0.29, 0.717) is 12.5 Å². The fourth-order valence-corrected chi connectivity index (χ4v) is 2.60. The van der Waals surface area contributed by atoms with E-state index in [1.54, 1.807) is 12.4 Å². The van der Waals surface area contributed by atoms with E-state index in [1.807, 2.05) is 25.4 Å². The van der Waals surface area contributed by atoms with Gasteiger partial charge in [0.15, 0.2) is 0 Å². The molecule has 3 rings (SSSR count). The van der Waals surface area contributed by atoms with Gasteiger partial charge in [-0.15, -0.1) is 0 Å². The highest BCUT2D eigenvalue weighted by Gasteiger charge is 2.19. The Kier molecular flexibility index (Phi) is 3.85. The Morgan fingerprint density at radius 3 is 3.24 bits per heavy atom. The molecule has 1 aliphatic heterocycles. The van der Waals surface area contributed by atoms with E-state index in [2.05, 4.69) is 25.2 Å². The van der Waals surface area contributed by atoms with E-state index in [-0.39, 0.29) is 6.03 Å². The second-order valence-electron chi connectivity index (χ2n) is 5.43. The van der Waals surface area contributed by atoms with Crippen molar-refractivity contribution in [1.29, 1.82) is 0 Å². The number of amides is 2. The zero-order valence-corrected chi connectivity index (χ0v) is 12.0. The molecule has 2 amide bonds. The van der Waals surface area contributed by atoms with Crippen LogP contribution in [-0.2, 0) is 13.0 Å². The second-order valence-corrected chi connectivity index (χ2v) is 5.43. The van der Waals surface area contributed by atoms with Gasteiger partial charge in [0.1, 0.15) is 5.82 Å². The topological polar surface area (TPSA) is 71.8 Å². The molecule has 6 nitrogen and oxygen atoms in total. The molecule has 0 aromatic carbocycles. The van der Waals surface area contributed by atoms with Gasteiger partial charge in [-0.1, -0.05) is 0 Å². The van der Waals surface area contributed by atoms with Crippen molar-refractivity contribution in [3.8, 4) is 0 Å². The van der Waals surface area contributed by atoms with Gasteiger partial charge in [0, 0.05) is 38.1 Å². The lowest BCUT2D eigenvalue weighted by atomic mass is 9.99. The summed E-state index contributed by atoms with van der Waals surface area (Å²) in [6.07, 6.45) is 9.24. The smallest absolute Gasteiger partial charge is 0.319 e. The number of rotatable bonds is 3. The Labute approximate surface area is 123 Å². The van der Waals surface area contributed by atoms with Crippen LogP contribution in [-0.4, -0.2) is 27.1 Å². The van der Waals surface area contributed by atoms with Crippen molar-refractivity contribution in [3.05, 3.63) is 42.2 Å². The van der Waals surface area contributed by atoms with E-state index in [0.717, 1.165) is 36.5 Å². The fraction of sp³-hybridized carbons (Fsp3) is 0.400. The summed E-state index contributed by atoms with van der Waals surface area (Å²) in [5.41, 5.74) is 1.75. The first-order chi connectivity index (χ1) is 10.2. The molecule has 6 heteroatoms. The predicted octanol–water partition coefficient (Wildman–Crippen LogP) is 1.97. The number of nitrogens with one attached hydrogen (secondary N) is 2. The maximum atomic E-state index is 11.9. The standard InChI is InChI=1S/C15H19N5O/c1-11-4-5-16-9-13(11)19-15(21)18-8-12-2-3-14-17-6-7-20(14)10-12/h4-7,9,12H,2-3,8,10H2,1H3,(H2,18,19,21)/t12-/m1/s1. The Morgan fingerprint density at radius 1 is 1.48 bits per heavy atom. The number of carbonyl (C=O) groups excluding carboxylic acids is 1. The number of imidazole rings is 1. The molecule has 1 aliphatic rings. The number of urea groups is 1. The number of aromatic nitrogens is 3. The van der Waals surface area contributed by atoms with Crippen molar-refractivity contribution in [2.75, 3.05) is 11.9 Å². The molecule has 0 bridgehead atoms. The molecule has 1 atom stereocenters. The monoisotopic (exact) mass is 285 g/mol. The molecular formula is C15H19N5O. The van der Waals surface area contributed by atoms with Gasteiger partial charge < -0.3 is 15.2 Å². The first-order valence-electron chi connectivity index (χ1n) is 7.18. The van der Waals surface area contributed by atoms with Crippen molar-refractivity contribution in [1.82, 2.24) is 19.9 Å². The molecule has 0 spiro atoms. The van der Waals surface area contributed by atoms with Crippen molar-refractivity contribution in [3.63, 3.8) is 0 Å². The average Bonchev–Trinajstić information content (AvgIpc) is 2.95. The maximum Gasteiger partial charge on any atom is 0.319 e. The van der Waals surface area contributed by atoms with Crippen LogP contribution in [0.2, 0.25) is 0 Å². The van der Waals surface area contributed by atoms with Crippen LogP contribution in [0.4, 0.5) is 10.5 Å². The van der Waals surface area contributed by atoms with Crippen LogP contribution in [0.1, 0.15) is 17.8 Å². The highest BCUT2D eigenvalue weighted by atomic mass is 16.2. The van der Waals surface area contributed by atoms with Crippen LogP contribution in [0.15, 0.2) is 30.9 Å². The summed E-state index contributed by atoms with van der Waals surface area (Å²) in [5.74, 6) is 1.59. The molecule has 0 unspecified atom stereocenters. The average molecular weight is 285 g/mol. The third-order valence-corrected chi connectivity index (χ3v) is 3.87. The molecule has 0 radical (unpaired) electrons. The molecule has 21 heavy (non-hydrogen) atoms. The summed E-state index contributed by atoms with van der Waals surface area (Å²) >= 11 is 0. The first kappa shape index (κ1) is 13.6. The Morgan fingerprint density at radius 2 is 2.38 bits per heavy atom. The van der Waals surface area contributed by atoms with E-state index < -0.39 is 0 Å². The molecule has 0 aliphatic carbocycles. The third kappa shape index (κ3) is 3.21. The molecule has 3 heterocycles. The van der Waals surface area contributed by atoms with E-state index in [4.69, 9.17) is 0 Å². The zero-order chi connectivity index (χ0) is 14.7. The SMILES string of the molecule is Cc1ccncc1NC(=O)NC[C@H]1CCc2nccn2C1. The van der Waals surface area contributed by atoms with Crippen molar-refractivity contribution < 1.29 is 4.79 Å². The van der Waals surface area contributed by atoms with Crippen LogP contribution in [0.5, 0.6) is 0 Å².